The molecule has 0 saturated carbocycles. The molecule has 1 rings (SSSR count). The summed E-state index contributed by atoms with van der Waals surface area (Å²) in [6.45, 7) is 1.23. The van der Waals surface area contributed by atoms with Crippen LogP contribution in [-0.2, 0) is 9.53 Å². The molecular weight excluding hydrogens is 111 g/mol. The predicted molar refractivity (Wildman–Crippen MR) is 24.8 cm³/mol. The van der Waals surface area contributed by atoms with Crippen LogP contribution in [0.1, 0.15) is 6.92 Å². The lowest BCUT2D eigenvalue weighted by atomic mass is 10.3. The van der Waals surface area contributed by atoms with Gasteiger partial charge in [0.15, 0.2) is 0 Å². The van der Waals surface area contributed by atoms with Crippen LogP contribution in [0.2, 0.25) is 0 Å². The molecule has 0 aromatic rings. The van der Waals surface area contributed by atoms with Crippen molar-refractivity contribution in [1.82, 2.24) is 0 Å². The number of hydrogen-bond acceptors (Lipinski definition) is 2. The lowest BCUT2D eigenvalue weighted by Crippen LogP contribution is -1.94. The number of carbonyl (C=O) groups is 1. The molecule has 0 radical (unpaired) electrons. The second-order valence-electron chi connectivity index (χ2n) is 1.61. The number of halogens is 1. The third-order valence-electron chi connectivity index (χ3n) is 1.04. The monoisotopic (exact) mass is 116 g/mol. The van der Waals surface area contributed by atoms with Crippen molar-refractivity contribution in [3.8, 4) is 0 Å². The van der Waals surface area contributed by atoms with Crippen molar-refractivity contribution in [2.24, 2.45) is 0 Å². The van der Waals surface area contributed by atoms with Gasteiger partial charge in [-0.2, -0.15) is 0 Å². The van der Waals surface area contributed by atoms with Gasteiger partial charge in [0.25, 0.3) is 0 Å². The topological polar surface area (TPSA) is 26.3 Å². The van der Waals surface area contributed by atoms with Crippen molar-refractivity contribution in [2.75, 3.05) is 6.61 Å². The standard InChI is InChI=1S/C5H5FO2/c1-3-4(6)2-8-5(3)7/h2H2,1H3. The molecule has 0 N–H and O–H groups in total. The Hall–Kier alpha value is -0.860. The largest absolute Gasteiger partial charge is 0.455 e. The summed E-state index contributed by atoms with van der Waals surface area (Å²) in [6.07, 6.45) is 0. The van der Waals surface area contributed by atoms with Gasteiger partial charge in [0.2, 0.25) is 0 Å². The number of rotatable bonds is 0. The van der Waals surface area contributed by atoms with Gasteiger partial charge in [-0.25, -0.2) is 9.18 Å². The van der Waals surface area contributed by atoms with Gasteiger partial charge in [0.1, 0.15) is 12.4 Å². The third kappa shape index (κ3) is 0.598. The van der Waals surface area contributed by atoms with Crippen LogP contribution in [0.25, 0.3) is 0 Å². The summed E-state index contributed by atoms with van der Waals surface area (Å²) in [7, 11) is 0. The van der Waals surface area contributed by atoms with E-state index in [2.05, 4.69) is 4.74 Å². The molecule has 0 spiro atoms. The van der Waals surface area contributed by atoms with Gasteiger partial charge < -0.3 is 4.74 Å². The highest BCUT2D eigenvalue weighted by atomic mass is 19.1. The summed E-state index contributed by atoms with van der Waals surface area (Å²) >= 11 is 0. The summed E-state index contributed by atoms with van der Waals surface area (Å²) in [5.41, 5.74) is 0.102. The fourth-order valence-electron chi connectivity index (χ4n) is 0.456. The molecule has 1 aliphatic rings. The lowest BCUT2D eigenvalue weighted by molar-refractivity contribution is -0.136. The fraction of sp³-hybridized carbons (Fsp3) is 0.400. The third-order valence-corrected chi connectivity index (χ3v) is 1.04. The highest BCUT2D eigenvalue weighted by Gasteiger charge is 2.19. The van der Waals surface area contributed by atoms with Crippen LogP contribution in [0.4, 0.5) is 4.39 Å². The van der Waals surface area contributed by atoms with E-state index in [0.29, 0.717) is 0 Å². The van der Waals surface area contributed by atoms with Crippen molar-refractivity contribution in [3.63, 3.8) is 0 Å². The van der Waals surface area contributed by atoms with Crippen LogP contribution in [-0.4, -0.2) is 12.6 Å². The Labute approximate surface area is 45.9 Å². The highest BCUT2D eigenvalue weighted by molar-refractivity contribution is 5.90. The van der Waals surface area contributed by atoms with Crippen LogP contribution in [0.15, 0.2) is 11.4 Å². The Morgan fingerprint density at radius 3 is 2.50 bits per heavy atom. The molecule has 8 heavy (non-hydrogen) atoms. The molecule has 0 bridgehead atoms. The SMILES string of the molecule is CC1=C(F)COC1=O. The molecule has 0 unspecified atom stereocenters. The Morgan fingerprint density at radius 2 is 2.38 bits per heavy atom. The first-order chi connectivity index (χ1) is 3.72. The van der Waals surface area contributed by atoms with Crippen LogP contribution in [0.5, 0.6) is 0 Å². The molecule has 0 aromatic carbocycles. The number of ether oxygens (including phenoxy) is 1. The van der Waals surface area contributed by atoms with Gasteiger partial charge in [0, 0.05) is 0 Å². The quantitative estimate of drug-likeness (QED) is 0.437. The smallest absolute Gasteiger partial charge is 0.336 e. The van der Waals surface area contributed by atoms with E-state index in [1.807, 2.05) is 0 Å². The van der Waals surface area contributed by atoms with Crippen molar-refractivity contribution in [2.45, 2.75) is 6.92 Å². The lowest BCUT2D eigenvalue weighted by Gasteiger charge is -1.84. The van der Waals surface area contributed by atoms with Gasteiger partial charge in [-0.05, 0) is 6.92 Å². The number of carbonyl (C=O) groups excluding carboxylic acids is 1. The minimum atomic E-state index is -0.539. The zero-order valence-electron chi connectivity index (χ0n) is 4.40. The summed E-state index contributed by atoms with van der Waals surface area (Å²) in [5, 5.41) is 0. The highest BCUT2D eigenvalue weighted by Crippen LogP contribution is 2.14. The van der Waals surface area contributed by atoms with Crippen LogP contribution < -0.4 is 0 Å². The molecule has 0 atom stereocenters. The minimum absolute atomic E-state index is 0.102. The average Bonchev–Trinajstić information content (AvgIpc) is 1.98. The van der Waals surface area contributed by atoms with E-state index in [1.54, 1.807) is 0 Å². The Bertz CT molecular complexity index is 160. The van der Waals surface area contributed by atoms with Crippen molar-refractivity contribution >= 4 is 5.97 Å². The van der Waals surface area contributed by atoms with E-state index >= 15 is 0 Å². The number of cyclic esters (lactones) is 1. The molecule has 2 nitrogen and oxygen atoms in total. The van der Waals surface area contributed by atoms with E-state index in [-0.39, 0.29) is 12.2 Å². The van der Waals surface area contributed by atoms with Gasteiger partial charge >= 0.3 is 5.97 Å². The van der Waals surface area contributed by atoms with Crippen molar-refractivity contribution < 1.29 is 13.9 Å². The zero-order chi connectivity index (χ0) is 6.15. The summed E-state index contributed by atoms with van der Waals surface area (Å²) < 4.78 is 16.4. The molecule has 0 amide bonds. The minimum Gasteiger partial charge on any atom is -0.455 e. The fourth-order valence-corrected chi connectivity index (χ4v) is 0.456. The molecule has 0 aromatic heterocycles. The van der Waals surface area contributed by atoms with E-state index in [1.165, 1.54) is 6.92 Å². The molecule has 3 heteroatoms. The molecule has 0 fully saturated rings. The van der Waals surface area contributed by atoms with E-state index in [4.69, 9.17) is 0 Å². The molecule has 0 aliphatic carbocycles. The van der Waals surface area contributed by atoms with Crippen LogP contribution in [0.3, 0.4) is 0 Å². The molecule has 0 saturated heterocycles. The first-order valence-corrected chi connectivity index (χ1v) is 2.24. The Balaban J connectivity index is 2.86. The second-order valence-corrected chi connectivity index (χ2v) is 1.61. The molecule has 1 heterocycles. The maximum atomic E-state index is 12.1. The average molecular weight is 116 g/mol. The first-order valence-electron chi connectivity index (χ1n) is 2.24. The van der Waals surface area contributed by atoms with E-state index < -0.39 is 11.8 Å². The van der Waals surface area contributed by atoms with Gasteiger partial charge in [0.05, 0.1) is 5.57 Å². The van der Waals surface area contributed by atoms with Gasteiger partial charge in [-0.3, -0.25) is 0 Å². The van der Waals surface area contributed by atoms with Crippen molar-refractivity contribution in [3.05, 3.63) is 11.4 Å². The predicted octanol–water partition coefficient (Wildman–Crippen LogP) is 0.787. The first kappa shape index (κ1) is 5.28. The summed E-state index contributed by atoms with van der Waals surface area (Å²) in [5.74, 6) is -0.988. The Morgan fingerprint density at radius 1 is 1.75 bits per heavy atom. The molecular formula is C5H5FO2. The van der Waals surface area contributed by atoms with Gasteiger partial charge in [-0.1, -0.05) is 0 Å². The molecule has 44 valence electrons. The van der Waals surface area contributed by atoms with Crippen LogP contribution >= 0.6 is 0 Å². The summed E-state index contributed by atoms with van der Waals surface area (Å²) in [6, 6.07) is 0. The number of hydrogen-bond donors (Lipinski definition) is 0. The number of esters is 1. The van der Waals surface area contributed by atoms with E-state index in [0.717, 1.165) is 0 Å². The maximum absolute atomic E-state index is 12.1. The second kappa shape index (κ2) is 1.58. The summed E-state index contributed by atoms with van der Waals surface area (Å²) in [4.78, 5) is 10.3. The van der Waals surface area contributed by atoms with Crippen LogP contribution in [0, 0.1) is 0 Å². The van der Waals surface area contributed by atoms with Gasteiger partial charge in [-0.15, -0.1) is 0 Å². The molecule has 1 aliphatic heterocycles. The van der Waals surface area contributed by atoms with E-state index in [9.17, 15) is 9.18 Å². The zero-order valence-corrected chi connectivity index (χ0v) is 4.40. The normalized spacial score (nSPS) is 19.5. The Kier molecular flexibility index (Phi) is 1.04. The van der Waals surface area contributed by atoms with Crippen molar-refractivity contribution in [1.29, 1.82) is 0 Å². The maximum Gasteiger partial charge on any atom is 0.336 e.